The van der Waals surface area contributed by atoms with E-state index < -0.39 is 24.4 Å². The predicted octanol–water partition coefficient (Wildman–Crippen LogP) is 4.02. The number of esters is 1. The highest BCUT2D eigenvalue weighted by molar-refractivity contribution is 8.02. The summed E-state index contributed by atoms with van der Waals surface area (Å²) in [6.45, 7) is -1.55. The molecule has 0 saturated heterocycles. The Morgan fingerprint density at radius 3 is 2.68 bits per heavy atom. The number of thioether (sulfide) groups is 1. The lowest BCUT2D eigenvalue weighted by Crippen LogP contribution is -2.34. The van der Waals surface area contributed by atoms with Crippen molar-refractivity contribution in [1.29, 1.82) is 10.5 Å². The molecule has 0 amide bonds. The van der Waals surface area contributed by atoms with Crippen molar-refractivity contribution >= 4 is 23.4 Å². The Hall–Kier alpha value is -2.91. The Kier molecular flexibility index (Phi) is 7.53. The number of benzene rings is 1. The van der Waals surface area contributed by atoms with Crippen LogP contribution in [0.15, 0.2) is 39.9 Å². The molecule has 0 saturated carbocycles. The number of nitrogens with zero attached hydrogens (tertiary/aromatic N) is 3. The van der Waals surface area contributed by atoms with E-state index in [2.05, 4.69) is 15.8 Å². The number of alkyl halides is 2. The van der Waals surface area contributed by atoms with Crippen molar-refractivity contribution < 1.29 is 23.0 Å². The van der Waals surface area contributed by atoms with Crippen LogP contribution in [-0.4, -0.2) is 31.2 Å². The van der Waals surface area contributed by atoms with Crippen LogP contribution < -0.4 is 4.74 Å². The van der Waals surface area contributed by atoms with Crippen LogP contribution in [0.1, 0.15) is 24.8 Å². The second-order valence-electron chi connectivity index (χ2n) is 5.74. The number of hydrogen-bond acceptors (Lipinski definition) is 7. The van der Waals surface area contributed by atoms with E-state index in [1.807, 2.05) is 6.07 Å². The number of nitriles is 2. The van der Waals surface area contributed by atoms with E-state index >= 15 is 0 Å². The fourth-order valence-corrected chi connectivity index (χ4v) is 3.60. The number of hydrogen-bond donors (Lipinski definition) is 0. The van der Waals surface area contributed by atoms with Crippen LogP contribution in [0.4, 0.5) is 8.78 Å². The zero-order valence-corrected chi connectivity index (χ0v) is 16.0. The Bertz CT molecular complexity index is 887. The van der Waals surface area contributed by atoms with Gasteiger partial charge in [-0.1, -0.05) is 18.2 Å². The first-order valence-electron chi connectivity index (χ1n) is 8.25. The maximum Gasteiger partial charge on any atom is 0.387 e. The van der Waals surface area contributed by atoms with Gasteiger partial charge in [0.15, 0.2) is 0 Å². The highest BCUT2D eigenvalue weighted by atomic mass is 32.2. The lowest BCUT2D eigenvalue weighted by atomic mass is 9.77. The summed E-state index contributed by atoms with van der Waals surface area (Å²) < 4.78 is 35.5. The van der Waals surface area contributed by atoms with Crippen molar-refractivity contribution in [3.8, 4) is 17.9 Å². The minimum Gasteiger partial charge on any atom is -0.464 e. The average molecular weight is 405 g/mol. The van der Waals surface area contributed by atoms with E-state index in [0.29, 0.717) is 10.7 Å². The monoisotopic (exact) mass is 405 g/mol. The van der Waals surface area contributed by atoms with Gasteiger partial charge in [-0.2, -0.15) is 19.3 Å². The molecule has 9 heteroatoms. The molecular formula is C19H17F2N3O3S. The predicted molar refractivity (Wildman–Crippen MR) is 99.8 cm³/mol. The lowest BCUT2D eigenvalue weighted by molar-refractivity contribution is -0.146. The molecular weight excluding hydrogens is 388 g/mol. The largest absolute Gasteiger partial charge is 0.464 e. The van der Waals surface area contributed by atoms with Crippen molar-refractivity contribution in [3.05, 3.63) is 40.4 Å². The van der Waals surface area contributed by atoms with E-state index in [9.17, 15) is 18.8 Å². The Labute approximate surface area is 165 Å². The third kappa shape index (κ3) is 4.68. The Balaban J connectivity index is 2.58. The second-order valence-corrected chi connectivity index (χ2v) is 6.53. The molecule has 0 aromatic heterocycles. The van der Waals surface area contributed by atoms with Crippen LogP contribution >= 0.6 is 11.8 Å². The van der Waals surface area contributed by atoms with Crippen molar-refractivity contribution in [3.63, 3.8) is 0 Å². The minimum absolute atomic E-state index is 0.0153. The van der Waals surface area contributed by atoms with E-state index in [4.69, 9.17) is 10.00 Å². The molecule has 2 atom stereocenters. The van der Waals surface area contributed by atoms with Crippen LogP contribution in [-0.2, 0) is 9.53 Å². The highest BCUT2D eigenvalue weighted by Gasteiger charge is 2.41. The summed E-state index contributed by atoms with van der Waals surface area (Å²) in [4.78, 5) is 17.0. The molecule has 1 unspecified atom stereocenters. The molecule has 1 aromatic carbocycles. The summed E-state index contributed by atoms with van der Waals surface area (Å²) in [7, 11) is 0. The van der Waals surface area contributed by atoms with Gasteiger partial charge in [-0.15, -0.1) is 11.8 Å². The third-order valence-electron chi connectivity index (χ3n) is 4.10. The minimum atomic E-state index is -3.06. The van der Waals surface area contributed by atoms with Gasteiger partial charge in [-0.05, 0) is 19.2 Å². The summed E-state index contributed by atoms with van der Waals surface area (Å²) in [5, 5.41) is 18.8. The standard InChI is InChI=1S/C19H17F2N3O3S/c1-11-15(18(25)26-9-5-8-22)16(13(10-23)17(24-11)28-2)12-6-3-4-7-14(12)27-19(20)21/h3-4,6-7,15-16,19H,5,9H2,1-2H3/t15?,16-/m1/s1. The molecule has 0 spiro atoms. The van der Waals surface area contributed by atoms with E-state index in [-0.39, 0.29) is 29.9 Å². The maximum atomic E-state index is 12.9. The quantitative estimate of drug-likeness (QED) is 0.502. The normalized spacial score (nSPS) is 18.9. The van der Waals surface area contributed by atoms with Crippen LogP contribution in [0.25, 0.3) is 0 Å². The molecule has 1 aromatic rings. The molecule has 1 aliphatic rings. The fraction of sp³-hybridized carbons (Fsp3) is 0.368. The van der Waals surface area contributed by atoms with Crippen molar-refractivity contribution in [2.45, 2.75) is 25.9 Å². The Morgan fingerprint density at radius 2 is 2.07 bits per heavy atom. The zero-order chi connectivity index (χ0) is 20.7. The molecule has 0 bridgehead atoms. The number of rotatable bonds is 7. The molecule has 2 rings (SSSR count). The van der Waals surface area contributed by atoms with Gasteiger partial charge in [-0.3, -0.25) is 4.79 Å². The van der Waals surface area contributed by atoms with Gasteiger partial charge >= 0.3 is 12.6 Å². The first kappa shape index (κ1) is 21.4. The molecule has 1 heterocycles. The molecule has 1 aliphatic heterocycles. The molecule has 0 fully saturated rings. The molecule has 6 nitrogen and oxygen atoms in total. The highest BCUT2D eigenvalue weighted by Crippen LogP contribution is 2.44. The topological polar surface area (TPSA) is 95.5 Å². The van der Waals surface area contributed by atoms with Crippen LogP contribution in [0.3, 0.4) is 0 Å². The zero-order valence-electron chi connectivity index (χ0n) is 15.2. The SMILES string of the molecule is CSC1=C(C#N)[C@@H](c2ccccc2OC(F)F)C(C(=O)OCCC#N)C(C)=N1. The van der Waals surface area contributed by atoms with Crippen molar-refractivity contribution in [2.75, 3.05) is 12.9 Å². The first-order valence-corrected chi connectivity index (χ1v) is 9.47. The van der Waals surface area contributed by atoms with Crippen LogP contribution in [0.5, 0.6) is 5.75 Å². The average Bonchev–Trinajstić information content (AvgIpc) is 2.67. The number of ether oxygens (including phenoxy) is 2. The number of aliphatic imine (C=N–C) groups is 1. The molecule has 0 N–H and O–H groups in total. The van der Waals surface area contributed by atoms with Gasteiger partial charge in [0.05, 0.1) is 24.1 Å². The van der Waals surface area contributed by atoms with Crippen molar-refractivity contribution in [1.82, 2.24) is 0 Å². The molecule has 28 heavy (non-hydrogen) atoms. The molecule has 0 radical (unpaired) electrons. The summed E-state index contributed by atoms with van der Waals surface area (Å²) in [5.41, 5.74) is 0.829. The fourth-order valence-electron chi connectivity index (χ4n) is 2.97. The van der Waals surface area contributed by atoms with Gasteiger partial charge in [0.2, 0.25) is 0 Å². The van der Waals surface area contributed by atoms with E-state index in [1.54, 1.807) is 19.2 Å². The van der Waals surface area contributed by atoms with Gasteiger partial charge in [0.1, 0.15) is 23.3 Å². The summed E-state index contributed by atoms with van der Waals surface area (Å²) >= 11 is 1.22. The second kappa shape index (κ2) is 9.86. The van der Waals surface area contributed by atoms with Gasteiger partial charge in [0.25, 0.3) is 0 Å². The van der Waals surface area contributed by atoms with Gasteiger partial charge < -0.3 is 9.47 Å². The van der Waals surface area contributed by atoms with Gasteiger partial charge in [0, 0.05) is 17.2 Å². The Morgan fingerprint density at radius 1 is 1.36 bits per heavy atom. The number of halogens is 2. The van der Waals surface area contributed by atoms with Crippen molar-refractivity contribution in [2.24, 2.45) is 10.9 Å². The maximum absolute atomic E-state index is 12.9. The molecule has 146 valence electrons. The lowest BCUT2D eigenvalue weighted by Gasteiger charge is -2.30. The van der Waals surface area contributed by atoms with E-state index in [1.165, 1.54) is 30.0 Å². The van der Waals surface area contributed by atoms with Gasteiger partial charge in [-0.25, -0.2) is 4.99 Å². The number of carbonyl (C=O) groups excluding carboxylic acids is 1. The summed E-state index contributed by atoms with van der Waals surface area (Å²) in [6, 6.07) is 9.95. The third-order valence-corrected chi connectivity index (χ3v) is 4.80. The molecule has 0 aliphatic carbocycles. The number of carbonyl (C=O) groups is 1. The smallest absolute Gasteiger partial charge is 0.387 e. The first-order chi connectivity index (χ1) is 13.4. The van der Waals surface area contributed by atoms with Crippen LogP contribution in [0, 0.1) is 28.6 Å². The van der Waals surface area contributed by atoms with E-state index in [0.717, 1.165) is 0 Å². The summed E-state index contributed by atoms with van der Waals surface area (Å²) in [6.07, 6.45) is 1.75. The number of para-hydroxylation sites is 1. The van der Waals surface area contributed by atoms with Crippen LogP contribution in [0.2, 0.25) is 0 Å². The number of allylic oxidation sites excluding steroid dienone is 1. The summed E-state index contributed by atoms with van der Waals surface area (Å²) in [5.74, 6) is -2.69.